The smallest absolute Gasteiger partial charge is 0.339 e. The second-order valence-electron chi connectivity index (χ2n) is 8.14. The lowest BCUT2D eigenvalue weighted by Gasteiger charge is -2.37. The Bertz CT molecular complexity index is 789. The topological polar surface area (TPSA) is 83.0 Å². The molecule has 0 aliphatic carbocycles. The average molecular weight is 425 g/mol. The van der Waals surface area contributed by atoms with Gasteiger partial charge in [0.15, 0.2) is 0 Å². The first-order chi connectivity index (χ1) is 13.8. The largest absolute Gasteiger partial charge is 0.462 e. The molecular formula is C20H32N4O4S. The molecule has 0 bridgehead atoms. The predicted octanol–water partition coefficient (Wildman–Crippen LogP) is 1.99. The maximum atomic E-state index is 13.2. The fourth-order valence-corrected chi connectivity index (χ4v) is 6.10. The van der Waals surface area contributed by atoms with Crippen molar-refractivity contribution in [3.63, 3.8) is 0 Å². The van der Waals surface area contributed by atoms with Crippen LogP contribution in [0.1, 0.15) is 44.0 Å². The van der Waals surface area contributed by atoms with Crippen molar-refractivity contribution in [3.05, 3.63) is 23.9 Å². The lowest BCUT2D eigenvalue weighted by Crippen LogP contribution is -2.50. The Hall–Kier alpha value is -1.71. The van der Waals surface area contributed by atoms with Crippen LogP contribution in [0.5, 0.6) is 0 Å². The van der Waals surface area contributed by atoms with Crippen molar-refractivity contribution >= 4 is 22.0 Å². The summed E-state index contributed by atoms with van der Waals surface area (Å²) in [5.74, 6) is 1.14. The summed E-state index contributed by atoms with van der Waals surface area (Å²) < 4.78 is 34.6. The molecule has 2 aliphatic heterocycles. The minimum absolute atomic E-state index is 0.325. The number of aromatic nitrogens is 1. The highest BCUT2D eigenvalue weighted by Crippen LogP contribution is 2.25. The number of carbonyl (C=O) groups is 1. The maximum absolute atomic E-state index is 13.2. The van der Waals surface area contributed by atoms with Crippen molar-refractivity contribution in [2.75, 3.05) is 50.8 Å². The van der Waals surface area contributed by atoms with Gasteiger partial charge in [0.05, 0.1) is 12.2 Å². The third-order valence-electron chi connectivity index (χ3n) is 5.53. The van der Waals surface area contributed by atoms with Crippen LogP contribution >= 0.6 is 0 Å². The quantitative estimate of drug-likeness (QED) is 0.673. The second-order valence-corrected chi connectivity index (χ2v) is 10.1. The number of nitrogens with zero attached hydrogens (tertiary/aromatic N) is 4. The van der Waals surface area contributed by atoms with Crippen molar-refractivity contribution in [1.29, 1.82) is 0 Å². The first-order valence-corrected chi connectivity index (χ1v) is 11.8. The molecule has 3 heterocycles. The standard InChI is InChI=1S/C20H32N4O4S/c1-4-28-20(25)18-6-7-19(21-13-18)22-8-5-9-23(11-10-22)29(26,27)24-14-16(2)12-17(3)15-24/h6-7,13,16-17H,4-5,8-12,14-15H2,1-3H3. The van der Waals surface area contributed by atoms with Gasteiger partial charge >= 0.3 is 5.97 Å². The van der Waals surface area contributed by atoms with Gasteiger partial charge in [-0.1, -0.05) is 13.8 Å². The number of hydrogen-bond acceptors (Lipinski definition) is 6. The van der Waals surface area contributed by atoms with Gasteiger partial charge in [-0.3, -0.25) is 0 Å². The molecule has 29 heavy (non-hydrogen) atoms. The summed E-state index contributed by atoms with van der Waals surface area (Å²) in [6, 6.07) is 3.50. The number of carbonyl (C=O) groups excluding carboxylic acids is 1. The summed E-state index contributed by atoms with van der Waals surface area (Å²) in [7, 11) is -3.45. The molecule has 1 aromatic rings. The molecule has 0 radical (unpaired) electrons. The van der Waals surface area contributed by atoms with Crippen molar-refractivity contribution in [1.82, 2.24) is 13.6 Å². The third kappa shape index (κ3) is 5.26. The van der Waals surface area contributed by atoms with Gasteiger partial charge in [0.2, 0.25) is 0 Å². The third-order valence-corrected chi connectivity index (χ3v) is 7.49. The number of esters is 1. The molecular weight excluding hydrogens is 392 g/mol. The Labute approximate surface area is 174 Å². The van der Waals surface area contributed by atoms with Gasteiger partial charge in [0.25, 0.3) is 10.2 Å². The van der Waals surface area contributed by atoms with E-state index in [4.69, 9.17) is 4.74 Å². The van der Waals surface area contributed by atoms with Crippen molar-refractivity contribution in [3.8, 4) is 0 Å². The van der Waals surface area contributed by atoms with Gasteiger partial charge in [-0.05, 0) is 43.7 Å². The van der Waals surface area contributed by atoms with E-state index >= 15 is 0 Å². The van der Waals surface area contributed by atoms with Crippen LogP contribution in [-0.4, -0.2) is 73.9 Å². The number of anilines is 1. The van der Waals surface area contributed by atoms with E-state index in [9.17, 15) is 13.2 Å². The fourth-order valence-electron chi connectivity index (χ4n) is 4.22. The Kier molecular flexibility index (Phi) is 7.13. The zero-order chi connectivity index (χ0) is 21.0. The summed E-state index contributed by atoms with van der Waals surface area (Å²) in [6.45, 7) is 9.78. The molecule has 0 saturated carbocycles. The van der Waals surface area contributed by atoms with E-state index in [1.54, 1.807) is 27.7 Å². The van der Waals surface area contributed by atoms with Crippen molar-refractivity contribution < 1.29 is 17.9 Å². The number of pyridine rings is 1. The molecule has 8 nitrogen and oxygen atoms in total. The highest BCUT2D eigenvalue weighted by molar-refractivity contribution is 7.86. The van der Waals surface area contributed by atoms with E-state index in [0.29, 0.717) is 56.7 Å². The maximum Gasteiger partial charge on any atom is 0.339 e. The molecule has 1 aromatic heterocycles. The molecule has 3 rings (SSSR count). The lowest BCUT2D eigenvalue weighted by molar-refractivity contribution is 0.0526. The Morgan fingerprint density at radius 3 is 2.45 bits per heavy atom. The number of ether oxygens (including phenoxy) is 1. The molecule has 0 aromatic carbocycles. The molecule has 2 unspecified atom stereocenters. The molecule has 2 saturated heterocycles. The molecule has 0 N–H and O–H groups in total. The zero-order valence-corrected chi connectivity index (χ0v) is 18.4. The molecule has 0 spiro atoms. The Morgan fingerprint density at radius 1 is 1.10 bits per heavy atom. The summed E-state index contributed by atoms with van der Waals surface area (Å²) >= 11 is 0. The van der Waals surface area contributed by atoms with E-state index in [2.05, 4.69) is 23.7 Å². The monoisotopic (exact) mass is 424 g/mol. The van der Waals surface area contributed by atoms with Gasteiger partial charge in [-0.2, -0.15) is 17.0 Å². The predicted molar refractivity (Wildman–Crippen MR) is 112 cm³/mol. The molecule has 162 valence electrons. The second kappa shape index (κ2) is 9.40. The van der Waals surface area contributed by atoms with Gasteiger partial charge in [-0.25, -0.2) is 9.78 Å². The van der Waals surface area contributed by atoms with Crippen LogP contribution in [-0.2, 0) is 14.9 Å². The first-order valence-electron chi connectivity index (χ1n) is 10.4. The van der Waals surface area contributed by atoms with E-state index in [-0.39, 0.29) is 5.97 Å². The summed E-state index contributed by atoms with van der Waals surface area (Å²) in [4.78, 5) is 18.2. The Morgan fingerprint density at radius 2 is 1.83 bits per heavy atom. The van der Waals surface area contributed by atoms with E-state index in [1.807, 2.05) is 0 Å². The Balaban J connectivity index is 1.65. The van der Waals surface area contributed by atoms with Crippen molar-refractivity contribution in [2.24, 2.45) is 11.8 Å². The SMILES string of the molecule is CCOC(=O)c1ccc(N2CCCN(S(=O)(=O)N3CC(C)CC(C)C3)CC2)nc1. The van der Waals surface area contributed by atoms with Gasteiger partial charge in [0, 0.05) is 45.5 Å². The normalized spacial score (nSPS) is 24.9. The van der Waals surface area contributed by atoms with Crippen molar-refractivity contribution in [2.45, 2.75) is 33.6 Å². The summed E-state index contributed by atoms with van der Waals surface area (Å²) in [6.07, 6.45) is 3.33. The van der Waals surface area contributed by atoms with Crippen LogP contribution in [0, 0.1) is 11.8 Å². The minimum atomic E-state index is -3.45. The van der Waals surface area contributed by atoms with Gasteiger partial charge in [0.1, 0.15) is 5.82 Å². The minimum Gasteiger partial charge on any atom is -0.462 e. The zero-order valence-electron chi connectivity index (χ0n) is 17.6. The first kappa shape index (κ1) is 22.0. The summed E-state index contributed by atoms with van der Waals surface area (Å²) in [5.41, 5.74) is 0.419. The average Bonchev–Trinajstić information content (AvgIpc) is 2.94. The van der Waals surface area contributed by atoms with Gasteiger partial charge < -0.3 is 9.64 Å². The van der Waals surface area contributed by atoms with Crippen LogP contribution < -0.4 is 4.90 Å². The summed E-state index contributed by atoms with van der Waals surface area (Å²) in [5, 5.41) is 0. The van der Waals surface area contributed by atoms with E-state index in [1.165, 1.54) is 6.20 Å². The van der Waals surface area contributed by atoms with E-state index in [0.717, 1.165) is 25.2 Å². The van der Waals surface area contributed by atoms with Crippen LogP contribution in [0.2, 0.25) is 0 Å². The van der Waals surface area contributed by atoms with Gasteiger partial charge in [-0.15, -0.1) is 0 Å². The molecule has 2 aliphatic rings. The van der Waals surface area contributed by atoms with Crippen LogP contribution in [0.3, 0.4) is 0 Å². The number of rotatable bonds is 5. The molecule has 2 fully saturated rings. The molecule has 9 heteroatoms. The molecule has 0 amide bonds. The van der Waals surface area contributed by atoms with Crippen LogP contribution in [0.4, 0.5) is 5.82 Å². The lowest BCUT2D eigenvalue weighted by atomic mass is 9.94. The number of piperidine rings is 1. The van der Waals surface area contributed by atoms with E-state index < -0.39 is 10.2 Å². The highest BCUT2D eigenvalue weighted by Gasteiger charge is 2.35. The number of hydrogen-bond donors (Lipinski definition) is 0. The van der Waals surface area contributed by atoms with Crippen LogP contribution in [0.15, 0.2) is 18.3 Å². The molecule has 2 atom stereocenters. The highest BCUT2D eigenvalue weighted by atomic mass is 32.2. The fraction of sp³-hybridized carbons (Fsp3) is 0.700. The van der Waals surface area contributed by atoms with Crippen LogP contribution in [0.25, 0.3) is 0 Å².